The maximum atomic E-state index is 13.2. The molecule has 0 saturated carbocycles. The van der Waals surface area contributed by atoms with Gasteiger partial charge in [0, 0.05) is 5.69 Å². The maximum Gasteiger partial charge on any atom is 0.242 e. The Balaban J connectivity index is 2.22. The van der Waals surface area contributed by atoms with Crippen molar-refractivity contribution in [3.8, 4) is 5.88 Å². The Labute approximate surface area is 124 Å². The second-order valence-corrected chi connectivity index (χ2v) is 4.90. The largest absolute Gasteiger partial charge is 0.476 e. The molecule has 0 atom stereocenters. The normalized spacial score (nSPS) is 10.3. The molecule has 0 radical (unpaired) electrons. The SMILES string of the molecule is CCCOc1ncnc(Nc2ccc(F)c(Br)c2)c1N. The minimum atomic E-state index is -0.335. The average molecular weight is 341 g/mol. The first-order chi connectivity index (χ1) is 9.61. The highest BCUT2D eigenvalue weighted by atomic mass is 79.9. The molecule has 2 rings (SSSR count). The number of nitrogens with one attached hydrogen (secondary N) is 1. The van der Waals surface area contributed by atoms with Crippen molar-refractivity contribution in [1.29, 1.82) is 0 Å². The lowest BCUT2D eigenvalue weighted by molar-refractivity contribution is 0.307. The average Bonchev–Trinajstić information content (AvgIpc) is 2.44. The fourth-order valence-electron chi connectivity index (χ4n) is 1.50. The molecule has 20 heavy (non-hydrogen) atoms. The van der Waals surface area contributed by atoms with Crippen molar-refractivity contribution in [2.24, 2.45) is 0 Å². The zero-order valence-electron chi connectivity index (χ0n) is 10.9. The van der Waals surface area contributed by atoms with Crippen LogP contribution in [0.5, 0.6) is 5.88 Å². The molecular weight excluding hydrogens is 327 g/mol. The Hall–Kier alpha value is -1.89. The van der Waals surface area contributed by atoms with E-state index in [9.17, 15) is 4.39 Å². The van der Waals surface area contributed by atoms with E-state index in [1.807, 2.05) is 6.92 Å². The van der Waals surface area contributed by atoms with Gasteiger partial charge in [-0.2, -0.15) is 4.98 Å². The quantitative estimate of drug-likeness (QED) is 0.871. The fourth-order valence-corrected chi connectivity index (χ4v) is 1.88. The highest BCUT2D eigenvalue weighted by Gasteiger charge is 2.10. The van der Waals surface area contributed by atoms with Crippen molar-refractivity contribution in [2.45, 2.75) is 13.3 Å². The van der Waals surface area contributed by atoms with E-state index < -0.39 is 0 Å². The monoisotopic (exact) mass is 340 g/mol. The van der Waals surface area contributed by atoms with Gasteiger partial charge in [-0.15, -0.1) is 0 Å². The topological polar surface area (TPSA) is 73.1 Å². The molecule has 7 heteroatoms. The zero-order valence-corrected chi connectivity index (χ0v) is 12.4. The Morgan fingerprint density at radius 3 is 2.90 bits per heavy atom. The smallest absolute Gasteiger partial charge is 0.242 e. The van der Waals surface area contributed by atoms with Crippen molar-refractivity contribution in [3.63, 3.8) is 0 Å². The minimum absolute atomic E-state index is 0.321. The molecule has 0 spiro atoms. The highest BCUT2D eigenvalue weighted by Crippen LogP contribution is 2.29. The summed E-state index contributed by atoms with van der Waals surface area (Å²) >= 11 is 3.12. The van der Waals surface area contributed by atoms with Crippen LogP contribution < -0.4 is 15.8 Å². The number of ether oxygens (including phenoxy) is 1. The number of nitrogens with two attached hydrogens (primary N) is 1. The van der Waals surface area contributed by atoms with E-state index in [0.717, 1.165) is 6.42 Å². The van der Waals surface area contributed by atoms with Crippen LogP contribution in [0.1, 0.15) is 13.3 Å². The molecule has 1 aromatic heterocycles. The molecule has 1 aromatic carbocycles. The number of aromatic nitrogens is 2. The number of hydrogen-bond donors (Lipinski definition) is 2. The number of hydrogen-bond acceptors (Lipinski definition) is 5. The zero-order chi connectivity index (χ0) is 14.5. The summed E-state index contributed by atoms with van der Waals surface area (Å²) in [7, 11) is 0. The van der Waals surface area contributed by atoms with Crippen LogP contribution in [-0.2, 0) is 0 Å². The van der Waals surface area contributed by atoms with Crippen LogP contribution in [0.4, 0.5) is 21.6 Å². The van der Waals surface area contributed by atoms with Gasteiger partial charge in [0.1, 0.15) is 17.8 Å². The van der Waals surface area contributed by atoms with Gasteiger partial charge in [0.15, 0.2) is 5.82 Å². The standard InChI is InChI=1S/C13H14BrFN4O/c1-2-5-20-13-11(16)12(17-7-18-13)19-8-3-4-10(15)9(14)6-8/h3-4,6-7H,2,5,16H2,1H3,(H,17,18,19). The predicted octanol–water partition coefficient (Wildman–Crippen LogP) is 3.49. The van der Waals surface area contributed by atoms with Crippen LogP contribution >= 0.6 is 15.9 Å². The van der Waals surface area contributed by atoms with Crippen LogP contribution in [0.2, 0.25) is 0 Å². The van der Waals surface area contributed by atoms with E-state index in [2.05, 4.69) is 31.2 Å². The lowest BCUT2D eigenvalue weighted by Crippen LogP contribution is -2.06. The number of nitrogen functional groups attached to an aromatic ring is 1. The van der Waals surface area contributed by atoms with E-state index in [4.69, 9.17) is 10.5 Å². The van der Waals surface area contributed by atoms with Gasteiger partial charge in [-0.05, 0) is 40.5 Å². The second kappa shape index (κ2) is 6.51. The molecule has 2 aromatic rings. The van der Waals surface area contributed by atoms with E-state index in [1.54, 1.807) is 12.1 Å². The summed E-state index contributed by atoms with van der Waals surface area (Å²) in [4.78, 5) is 8.04. The van der Waals surface area contributed by atoms with Gasteiger partial charge in [0.05, 0.1) is 11.1 Å². The van der Waals surface area contributed by atoms with Crippen molar-refractivity contribution in [3.05, 3.63) is 34.8 Å². The number of benzene rings is 1. The van der Waals surface area contributed by atoms with Crippen molar-refractivity contribution in [1.82, 2.24) is 9.97 Å². The van der Waals surface area contributed by atoms with Crippen molar-refractivity contribution >= 4 is 33.1 Å². The van der Waals surface area contributed by atoms with Gasteiger partial charge >= 0.3 is 0 Å². The van der Waals surface area contributed by atoms with Crippen LogP contribution in [0.3, 0.4) is 0 Å². The van der Waals surface area contributed by atoms with Gasteiger partial charge in [0.2, 0.25) is 5.88 Å². The third kappa shape index (κ3) is 3.36. The fraction of sp³-hybridized carbons (Fsp3) is 0.231. The molecule has 0 bridgehead atoms. The Bertz CT molecular complexity index is 609. The van der Waals surface area contributed by atoms with E-state index >= 15 is 0 Å². The lowest BCUT2D eigenvalue weighted by Gasteiger charge is -2.11. The molecule has 0 aliphatic rings. The predicted molar refractivity (Wildman–Crippen MR) is 79.6 cm³/mol. The van der Waals surface area contributed by atoms with E-state index in [1.165, 1.54) is 12.4 Å². The van der Waals surface area contributed by atoms with Crippen LogP contribution in [-0.4, -0.2) is 16.6 Å². The number of halogens is 2. The minimum Gasteiger partial charge on any atom is -0.476 e. The van der Waals surface area contributed by atoms with Gasteiger partial charge < -0.3 is 15.8 Å². The van der Waals surface area contributed by atoms with Crippen LogP contribution in [0.25, 0.3) is 0 Å². The van der Waals surface area contributed by atoms with Gasteiger partial charge in [-0.25, -0.2) is 9.37 Å². The Kier molecular flexibility index (Phi) is 4.73. The molecular formula is C13H14BrFN4O. The maximum absolute atomic E-state index is 13.2. The molecule has 106 valence electrons. The summed E-state index contributed by atoms with van der Waals surface area (Å²) in [5.74, 6) is 0.424. The Morgan fingerprint density at radius 2 is 2.20 bits per heavy atom. The number of rotatable bonds is 5. The lowest BCUT2D eigenvalue weighted by atomic mass is 10.3. The molecule has 3 N–H and O–H groups in total. The van der Waals surface area contributed by atoms with Gasteiger partial charge in [-0.1, -0.05) is 6.92 Å². The summed E-state index contributed by atoms with van der Waals surface area (Å²) < 4.78 is 19.0. The molecule has 0 unspecified atom stereocenters. The number of nitrogens with zero attached hydrogens (tertiary/aromatic N) is 2. The molecule has 5 nitrogen and oxygen atoms in total. The van der Waals surface area contributed by atoms with Crippen LogP contribution in [0.15, 0.2) is 29.0 Å². The molecule has 1 heterocycles. The molecule has 0 aliphatic carbocycles. The number of anilines is 3. The Morgan fingerprint density at radius 1 is 1.40 bits per heavy atom. The van der Waals surface area contributed by atoms with E-state index in [-0.39, 0.29) is 5.82 Å². The summed E-state index contributed by atoms with van der Waals surface area (Å²) in [6.07, 6.45) is 2.22. The summed E-state index contributed by atoms with van der Waals surface area (Å²) in [5.41, 5.74) is 6.92. The highest BCUT2D eigenvalue weighted by molar-refractivity contribution is 9.10. The third-order valence-corrected chi connectivity index (χ3v) is 3.08. The summed E-state index contributed by atoms with van der Waals surface area (Å²) in [6.45, 7) is 2.52. The summed E-state index contributed by atoms with van der Waals surface area (Å²) in [6, 6.07) is 4.54. The second-order valence-electron chi connectivity index (χ2n) is 4.04. The van der Waals surface area contributed by atoms with E-state index in [0.29, 0.717) is 34.2 Å². The van der Waals surface area contributed by atoms with Crippen molar-refractivity contribution < 1.29 is 9.13 Å². The molecule has 0 aliphatic heterocycles. The molecule has 0 fully saturated rings. The van der Waals surface area contributed by atoms with Gasteiger partial charge in [-0.3, -0.25) is 0 Å². The molecule has 0 amide bonds. The third-order valence-electron chi connectivity index (χ3n) is 2.47. The summed E-state index contributed by atoms with van der Waals surface area (Å²) in [5, 5.41) is 3.00. The molecule has 0 saturated heterocycles. The van der Waals surface area contributed by atoms with Crippen LogP contribution in [0, 0.1) is 5.82 Å². The first kappa shape index (κ1) is 14.5. The first-order valence-electron chi connectivity index (χ1n) is 6.07. The van der Waals surface area contributed by atoms with Crippen molar-refractivity contribution in [2.75, 3.05) is 17.7 Å². The first-order valence-corrected chi connectivity index (χ1v) is 6.86. The van der Waals surface area contributed by atoms with Gasteiger partial charge in [0.25, 0.3) is 0 Å².